The molecule has 0 aliphatic carbocycles. The van der Waals surface area contributed by atoms with Crippen molar-refractivity contribution in [3.05, 3.63) is 24.3 Å². The first-order chi connectivity index (χ1) is 33.1. The lowest BCUT2D eigenvalue weighted by molar-refractivity contribution is -0.161. The topological polar surface area (TPSA) is 72.8 Å². The van der Waals surface area contributed by atoms with Gasteiger partial charge in [0.25, 0.3) is 0 Å². The Hall–Kier alpha value is -1.62. The van der Waals surface area contributed by atoms with Crippen molar-refractivity contribution in [1.82, 2.24) is 0 Å². The van der Waals surface area contributed by atoms with Crippen molar-refractivity contribution in [2.24, 2.45) is 0 Å². The molecule has 67 heavy (non-hydrogen) atoms. The first kappa shape index (κ1) is 65.4. The van der Waals surface area contributed by atoms with Crippen molar-refractivity contribution >= 4 is 11.9 Å². The zero-order valence-electron chi connectivity index (χ0n) is 45.4. The Morgan fingerprint density at radius 3 is 0.836 bits per heavy atom. The molecule has 0 fully saturated rings. The molecule has 0 aliphatic rings. The van der Waals surface area contributed by atoms with E-state index in [9.17, 15) is 14.7 Å². The van der Waals surface area contributed by atoms with E-state index in [1.165, 1.54) is 270 Å². The number of aliphatic hydroxyl groups is 1. The summed E-state index contributed by atoms with van der Waals surface area (Å²) in [5.41, 5.74) is 0. The van der Waals surface area contributed by atoms with Gasteiger partial charge in [0.05, 0.1) is 6.61 Å². The zero-order valence-corrected chi connectivity index (χ0v) is 45.4. The van der Waals surface area contributed by atoms with Gasteiger partial charge in [-0.25, -0.2) is 0 Å². The first-order valence-electron chi connectivity index (χ1n) is 30.4. The fourth-order valence-electron chi connectivity index (χ4n) is 9.37. The normalized spacial score (nSPS) is 12.2. The number of carbonyl (C=O) groups excluding carboxylic acids is 2. The van der Waals surface area contributed by atoms with Crippen LogP contribution in [-0.2, 0) is 19.1 Å². The van der Waals surface area contributed by atoms with Gasteiger partial charge in [0.2, 0.25) is 0 Å². The number of ether oxygens (including phenoxy) is 2. The summed E-state index contributed by atoms with van der Waals surface area (Å²) >= 11 is 0. The SMILES string of the molecule is CCCCC/C=C\CCCCCCCC(=O)OCC(CO)OC(=O)CCCCCCCCCCCCCCCCCCCCCCCCCCCCCCC/C=C\CCCCCCCCCC. The quantitative estimate of drug-likeness (QED) is 0.0374. The van der Waals surface area contributed by atoms with Crippen LogP contribution in [0.4, 0.5) is 0 Å². The average molecular weight is 944 g/mol. The van der Waals surface area contributed by atoms with Crippen molar-refractivity contribution in [2.75, 3.05) is 13.2 Å². The maximum atomic E-state index is 12.3. The van der Waals surface area contributed by atoms with E-state index in [1.54, 1.807) is 0 Å². The minimum atomic E-state index is -0.770. The molecule has 0 rings (SSSR count). The predicted molar refractivity (Wildman–Crippen MR) is 293 cm³/mol. The molecule has 0 heterocycles. The van der Waals surface area contributed by atoms with Crippen LogP contribution in [0, 0.1) is 0 Å². The number of carbonyl (C=O) groups is 2. The third kappa shape index (κ3) is 56.9. The third-order valence-corrected chi connectivity index (χ3v) is 14.0. The van der Waals surface area contributed by atoms with Gasteiger partial charge in [0.1, 0.15) is 6.61 Å². The molecular formula is C62H118O5. The Kier molecular flexibility index (Phi) is 57.3. The summed E-state index contributed by atoms with van der Waals surface area (Å²) in [5, 5.41) is 9.61. The summed E-state index contributed by atoms with van der Waals surface area (Å²) < 4.78 is 10.7. The van der Waals surface area contributed by atoms with E-state index < -0.39 is 6.10 Å². The van der Waals surface area contributed by atoms with Crippen LogP contribution in [0.2, 0.25) is 0 Å². The smallest absolute Gasteiger partial charge is 0.306 e. The molecule has 0 radical (unpaired) electrons. The van der Waals surface area contributed by atoms with Gasteiger partial charge >= 0.3 is 11.9 Å². The predicted octanol–water partition coefficient (Wildman–Crippen LogP) is 20.5. The molecule has 396 valence electrons. The average Bonchev–Trinajstić information content (AvgIpc) is 3.33. The van der Waals surface area contributed by atoms with E-state index in [0.717, 1.165) is 44.9 Å². The van der Waals surface area contributed by atoms with Crippen LogP contribution in [0.1, 0.15) is 341 Å². The molecule has 5 nitrogen and oxygen atoms in total. The highest BCUT2D eigenvalue weighted by molar-refractivity contribution is 5.70. The van der Waals surface area contributed by atoms with Crippen molar-refractivity contribution in [3.63, 3.8) is 0 Å². The van der Waals surface area contributed by atoms with Crippen LogP contribution in [0.5, 0.6) is 0 Å². The number of hydrogen-bond acceptors (Lipinski definition) is 5. The molecule has 0 aromatic heterocycles. The molecule has 0 saturated heterocycles. The van der Waals surface area contributed by atoms with Crippen molar-refractivity contribution in [2.45, 2.75) is 347 Å². The van der Waals surface area contributed by atoms with E-state index in [4.69, 9.17) is 9.47 Å². The molecule has 0 spiro atoms. The molecule has 0 bridgehead atoms. The second kappa shape index (κ2) is 58.7. The molecule has 0 amide bonds. The van der Waals surface area contributed by atoms with Crippen LogP contribution in [0.3, 0.4) is 0 Å². The monoisotopic (exact) mass is 943 g/mol. The highest BCUT2D eigenvalue weighted by Crippen LogP contribution is 2.18. The first-order valence-corrected chi connectivity index (χ1v) is 30.4. The van der Waals surface area contributed by atoms with Gasteiger partial charge in [0.15, 0.2) is 6.10 Å². The van der Waals surface area contributed by atoms with Gasteiger partial charge < -0.3 is 14.6 Å². The molecule has 0 saturated carbocycles. The molecule has 1 atom stereocenters. The van der Waals surface area contributed by atoms with Gasteiger partial charge in [-0.1, -0.05) is 289 Å². The summed E-state index contributed by atoms with van der Waals surface area (Å²) in [7, 11) is 0. The number of hydrogen-bond donors (Lipinski definition) is 1. The Morgan fingerprint density at radius 2 is 0.552 bits per heavy atom. The Morgan fingerprint density at radius 1 is 0.328 bits per heavy atom. The lowest BCUT2D eigenvalue weighted by Crippen LogP contribution is -2.28. The molecular weight excluding hydrogens is 825 g/mol. The second-order valence-corrected chi connectivity index (χ2v) is 20.8. The van der Waals surface area contributed by atoms with Crippen molar-refractivity contribution in [1.29, 1.82) is 0 Å². The van der Waals surface area contributed by atoms with Gasteiger partial charge in [0, 0.05) is 12.8 Å². The number of unbranched alkanes of at least 4 members (excludes halogenated alkanes) is 45. The highest BCUT2D eigenvalue weighted by Gasteiger charge is 2.16. The van der Waals surface area contributed by atoms with Crippen molar-refractivity contribution < 1.29 is 24.2 Å². The lowest BCUT2D eigenvalue weighted by Gasteiger charge is -2.15. The Labute approximate surface area is 419 Å². The molecule has 1 N–H and O–H groups in total. The Balaban J connectivity index is 3.32. The fourth-order valence-corrected chi connectivity index (χ4v) is 9.37. The van der Waals surface area contributed by atoms with Crippen LogP contribution >= 0.6 is 0 Å². The van der Waals surface area contributed by atoms with E-state index >= 15 is 0 Å². The van der Waals surface area contributed by atoms with Crippen LogP contribution < -0.4 is 0 Å². The maximum Gasteiger partial charge on any atom is 0.306 e. The summed E-state index contributed by atoms with van der Waals surface area (Å²) in [4.78, 5) is 24.4. The van der Waals surface area contributed by atoms with E-state index in [1.807, 2.05) is 0 Å². The number of rotatable bonds is 57. The molecule has 5 heteroatoms. The van der Waals surface area contributed by atoms with Crippen LogP contribution in [0.15, 0.2) is 24.3 Å². The summed E-state index contributed by atoms with van der Waals surface area (Å²) in [6.07, 6.45) is 74.9. The second-order valence-electron chi connectivity index (χ2n) is 20.8. The Bertz CT molecular complexity index is 1020. The van der Waals surface area contributed by atoms with Crippen molar-refractivity contribution in [3.8, 4) is 0 Å². The molecule has 1 unspecified atom stereocenters. The van der Waals surface area contributed by atoms with Gasteiger partial charge in [-0.2, -0.15) is 0 Å². The fraction of sp³-hybridized carbons (Fsp3) is 0.903. The standard InChI is InChI=1S/C62H118O5/c1-3-5-7-9-11-13-15-17-18-19-20-21-22-23-24-25-26-27-28-29-30-31-32-33-34-35-36-37-38-39-40-41-42-43-44-45-47-49-51-53-55-57-62(65)67-60(58-63)59-66-61(64)56-54-52-50-48-46-16-14-12-10-8-6-4-2/h12,14,19-20,60,63H,3-11,13,15-18,21-59H2,1-2H3/b14-12-,20-19-. The molecule has 0 aliphatic heterocycles. The van der Waals surface area contributed by atoms with Gasteiger partial charge in [-0.15, -0.1) is 0 Å². The van der Waals surface area contributed by atoms with E-state index in [2.05, 4.69) is 38.2 Å². The number of aliphatic hydroxyl groups excluding tert-OH is 1. The minimum absolute atomic E-state index is 0.0648. The highest BCUT2D eigenvalue weighted by atomic mass is 16.6. The summed E-state index contributed by atoms with van der Waals surface area (Å²) in [5.74, 6) is -0.585. The maximum absolute atomic E-state index is 12.3. The zero-order chi connectivity index (χ0) is 48.5. The largest absolute Gasteiger partial charge is 0.462 e. The third-order valence-electron chi connectivity index (χ3n) is 14.0. The minimum Gasteiger partial charge on any atom is -0.462 e. The number of allylic oxidation sites excluding steroid dienone is 4. The van der Waals surface area contributed by atoms with Gasteiger partial charge in [-0.3, -0.25) is 9.59 Å². The number of esters is 2. The van der Waals surface area contributed by atoms with Crippen LogP contribution in [0.25, 0.3) is 0 Å². The molecule has 0 aromatic carbocycles. The summed E-state index contributed by atoms with van der Waals surface area (Å²) in [6, 6.07) is 0. The van der Waals surface area contributed by atoms with Crippen LogP contribution in [-0.4, -0.2) is 36.4 Å². The summed E-state index contributed by atoms with van der Waals surface area (Å²) in [6.45, 7) is 4.14. The van der Waals surface area contributed by atoms with E-state index in [-0.39, 0.29) is 25.2 Å². The van der Waals surface area contributed by atoms with Gasteiger partial charge in [-0.05, 0) is 64.2 Å². The van der Waals surface area contributed by atoms with E-state index in [0.29, 0.717) is 12.8 Å². The lowest BCUT2D eigenvalue weighted by atomic mass is 10.0. The molecule has 0 aromatic rings.